The molecule has 0 atom stereocenters. The van der Waals surface area contributed by atoms with Crippen LogP contribution in [0.1, 0.15) is 50.2 Å². The molecule has 2 aliphatic heterocycles. The van der Waals surface area contributed by atoms with Gasteiger partial charge >= 0.3 is 0 Å². The van der Waals surface area contributed by atoms with E-state index in [1.807, 2.05) is 35.2 Å². The third-order valence-corrected chi connectivity index (χ3v) is 6.79. The molecule has 2 heterocycles. The molecule has 1 saturated heterocycles. The number of rotatable bonds is 4. The van der Waals surface area contributed by atoms with Crippen LogP contribution in [0.15, 0.2) is 72.8 Å². The number of fused-ring (bicyclic) bond motifs is 2. The second-order valence-corrected chi connectivity index (χ2v) is 8.67. The first kappa shape index (κ1) is 20.5. The molecular weight excluding hydrogens is 400 g/mol. The van der Waals surface area contributed by atoms with Crippen LogP contribution < -0.4 is 10.5 Å². The van der Waals surface area contributed by atoms with Crippen molar-refractivity contribution >= 4 is 11.7 Å². The van der Waals surface area contributed by atoms with Crippen LogP contribution >= 0.6 is 0 Å². The van der Waals surface area contributed by atoms with Crippen LogP contribution in [0.2, 0.25) is 0 Å². The third kappa shape index (κ3) is 3.59. The Balaban J connectivity index is 1.27. The highest BCUT2D eigenvalue weighted by Gasteiger charge is 2.43. The number of likely N-dealkylation sites (tertiary alicyclic amines) is 1. The summed E-state index contributed by atoms with van der Waals surface area (Å²) in [6, 6.07) is 22.4. The number of carbonyl (C=O) groups excluding carboxylic acids is 2. The number of amides is 1. The summed E-state index contributed by atoms with van der Waals surface area (Å²) >= 11 is 0. The van der Waals surface area contributed by atoms with E-state index in [2.05, 4.69) is 6.07 Å². The van der Waals surface area contributed by atoms with Crippen LogP contribution in [-0.2, 0) is 12.0 Å². The van der Waals surface area contributed by atoms with Crippen molar-refractivity contribution in [1.82, 2.24) is 4.90 Å². The van der Waals surface area contributed by atoms with Gasteiger partial charge < -0.3 is 15.4 Å². The van der Waals surface area contributed by atoms with E-state index in [1.165, 1.54) is 5.56 Å². The molecule has 3 aromatic carbocycles. The Morgan fingerprint density at radius 2 is 1.53 bits per heavy atom. The number of hydrogen-bond acceptors (Lipinski definition) is 4. The minimum absolute atomic E-state index is 0.00778. The molecule has 0 radical (unpaired) electrons. The Hall–Kier alpha value is -3.44. The fourth-order valence-corrected chi connectivity index (χ4v) is 4.79. The lowest BCUT2D eigenvalue weighted by molar-refractivity contribution is 0.0646. The number of carbonyl (C=O) groups is 2. The van der Waals surface area contributed by atoms with E-state index in [9.17, 15) is 9.59 Å². The average Bonchev–Trinajstić information content (AvgIpc) is 3.21. The summed E-state index contributed by atoms with van der Waals surface area (Å²) in [5.41, 5.74) is 9.98. The number of piperidine rings is 1. The molecule has 1 fully saturated rings. The van der Waals surface area contributed by atoms with Crippen LogP contribution in [-0.4, -0.2) is 36.3 Å². The highest BCUT2D eigenvalue weighted by Crippen LogP contribution is 2.46. The molecule has 0 bridgehead atoms. The van der Waals surface area contributed by atoms with Gasteiger partial charge in [-0.3, -0.25) is 9.59 Å². The second kappa shape index (κ2) is 8.24. The van der Waals surface area contributed by atoms with Crippen LogP contribution in [0.3, 0.4) is 0 Å². The lowest BCUT2D eigenvalue weighted by Crippen LogP contribution is -2.46. The van der Waals surface area contributed by atoms with Gasteiger partial charge in [-0.15, -0.1) is 0 Å². The number of ether oxygens (including phenoxy) is 1. The maximum absolute atomic E-state index is 13.1. The van der Waals surface area contributed by atoms with Crippen molar-refractivity contribution in [1.29, 1.82) is 0 Å². The molecule has 3 aromatic rings. The maximum atomic E-state index is 13.1. The molecule has 0 aromatic heterocycles. The van der Waals surface area contributed by atoms with Crippen LogP contribution in [0.25, 0.3) is 0 Å². The summed E-state index contributed by atoms with van der Waals surface area (Å²) in [5.74, 6) is 0.912. The zero-order valence-corrected chi connectivity index (χ0v) is 17.9. The van der Waals surface area contributed by atoms with E-state index in [0.717, 1.165) is 24.2 Å². The van der Waals surface area contributed by atoms with Gasteiger partial charge in [-0.05, 0) is 36.6 Å². The average molecular weight is 427 g/mol. The maximum Gasteiger partial charge on any atom is 0.253 e. The zero-order chi connectivity index (χ0) is 22.1. The number of ketones is 1. The van der Waals surface area contributed by atoms with E-state index in [1.54, 1.807) is 36.4 Å². The third-order valence-electron chi connectivity index (χ3n) is 6.79. The SMILES string of the molecule is NCc1ccc2c(c1)C1(CCN(C(=O)c3ccc(C(=O)c4ccccc4)cc3)CC1)CO2. The number of benzene rings is 3. The fraction of sp³-hybridized carbons (Fsp3) is 0.259. The van der Waals surface area contributed by atoms with Gasteiger partial charge in [0.25, 0.3) is 5.91 Å². The molecule has 5 nitrogen and oxygen atoms in total. The van der Waals surface area contributed by atoms with Gasteiger partial charge in [0.2, 0.25) is 0 Å². The summed E-state index contributed by atoms with van der Waals surface area (Å²) in [6.07, 6.45) is 1.73. The molecule has 2 N–H and O–H groups in total. The molecular formula is C27H26N2O3. The minimum Gasteiger partial charge on any atom is -0.492 e. The van der Waals surface area contributed by atoms with Crippen molar-refractivity contribution in [3.63, 3.8) is 0 Å². The Morgan fingerprint density at radius 1 is 0.875 bits per heavy atom. The van der Waals surface area contributed by atoms with Crippen molar-refractivity contribution in [2.24, 2.45) is 5.73 Å². The van der Waals surface area contributed by atoms with E-state index >= 15 is 0 Å². The lowest BCUT2D eigenvalue weighted by atomic mass is 9.74. The van der Waals surface area contributed by atoms with Gasteiger partial charge in [0.1, 0.15) is 5.75 Å². The number of nitrogens with two attached hydrogens (primary N) is 1. The standard InChI is InChI=1S/C27H26N2O3/c28-17-19-6-11-24-23(16-19)27(18-32-24)12-14-29(15-13-27)26(31)22-9-7-21(8-10-22)25(30)20-4-2-1-3-5-20/h1-11,16H,12-15,17-18,28H2. The van der Waals surface area contributed by atoms with Gasteiger partial charge in [-0.1, -0.05) is 54.6 Å². The van der Waals surface area contributed by atoms with Gasteiger partial charge in [0.05, 0.1) is 6.61 Å². The normalized spacial score (nSPS) is 16.5. The first-order valence-electron chi connectivity index (χ1n) is 11.0. The van der Waals surface area contributed by atoms with Crippen molar-refractivity contribution in [2.45, 2.75) is 24.8 Å². The van der Waals surface area contributed by atoms with Crippen LogP contribution in [0, 0.1) is 0 Å². The molecule has 2 aliphatic rings. The Labute approximate surface area is 187 Å². The highest BCUT2D eigenvalue weighted by molar-refractivity contribution is 6.09. The van der Waals surface area contributed by atoms with Gasteiger partial charge in [-0.2, -0.15) is 0 Å². The monoisotopic (exact) mass is 426 g/mol. The Kier molecular flexibility index (Phi) is 5.27. The smallest absolute Gasteiger partial charge is 0.253 e. The molecule has 5 rings (SSSR count). The van der Waals surface area contributed by atoms with E-state index < -0.39 is 0 Å². The highest BCUT2D eigenvalue weighted by atomic mass is 16.5. The Bertz CT molecular complexity index is 1150. The molecule has 1 spiro atoms. The van der Waals surface area contributed by atoms with Gasteiger partial charge in [0.15, 0.2) is 5.78 Å². The summed E-state index contributed by atoms with van der Waals surface area (Å²) in [4.78, 5) is 27.6. The van der Waals surface area contributed by atoms with E-state index in [0.29, 0.717) is 42.9 Å². The van der Waals surface area contributed by atoms with E-state index in [4.69, 9.17) is 10.5 Å². The zero-order valence-electron chi connectivity index (χ0n) is 17.9. The van der Waals surface area contributed by atoms with Crippen LogP contribution in [0.5, 0.6) is 5.75 Å². The molecule has 5 heteroatoms. The van der Waals surface area contributed by atoms with E-state index in [-0.39, 0.29) is 17.1 Å². The van der Waals surface area contributed by atoms with Crippen molar-refractivity contribution in [3.8, 4) is 5.75 Å². The minimum atomic E-state index is -0.0405. The summed E-state index contributed by atoms with van der Waals surface area (Å²) in [6.45, 7) is 2.53. The van der Waals surface area contributed by atoms with Gasteiger partial charge in [-0.25, -0.2) is 0 Å². The molecule has 1 amide bonds. The van der Waals surface area contributed by atoms with Gasteiger partial charge in [0, 0.05) is 47.3 Å². The lowest BCUT2D eigenvalue weighted by Gasteiger charge is -2.38. The predicted octanol–water partition coefficient (Wildman–Crippen LogP) is 3.94. The van der Waals surface area contributed by atoms with Crippen molar-refractivity contribution < 1.29 is 14.3 Å². The fourth-order valence-electron chi connectivity index (χ4n) is 4.79. The first-order valence-corrected chi connectivity index (χ1v) is 11.0. The van der Waals surface area contributed by atoms with Crippen LogP contribution in [0.4, 0.5) is 0 Å². The molecule has 32 heavy (non-hydrogen) atoms. The predicted molar refractivity (Wildman–Crippen MR) is 123 cm³/mol. The number of nitrogens with zero attached hydrogens (tertiary/aromatic N) is 1. The summed E-state index contributed by atoms with van der Waals surface area (Å²) in [5, 5.41) is 0. The Morgan fingerprint density at radius 3 is 2.22 bits per heavy atom. The molecule has 0 aliphatic carbocycles. The molecule has 162 valence electrons. The van der Waals surface area contributed by atoms with Crippen molar-refractivity contribution in [3.05, 3.63) is 101 Å². The summed E-state index contributed by atoms with van der Waals surface area (Å²) in [7, 11) is 0. The second-order valence-electron chi connectivity index (χ2n) is 8.67. The summed E-state index contributed by atoms with van der Waals surface area (Å²) < 4.78 is 5.97. The first-order chi connectivity index (χ1) is 15.6. The quantitative estimate of drug-likeness (QED) is 0.642. The molecule has 0 saturated carbocycles. The van der Waals surface area contributed by atoms with Crippen molar-refractivity contribution in [2.75, 3.05) is 19.7 Å². The number of hydrogen-bond donors (Lipinski definition) is 1. The molecule has 0 unspecified atom stereocenters. The largest absolute Gasteiger partial charge is 0.492 e. The topological polar surface area (TPSA) is 72.6 Å².